The monoisotopic (exact) mass is 259 g/mol. The van der Waals surface area contributed by atoms with Gasteiger partial charge in [0.15, 0.2) is 5.78 Å². The number of ketones is 1. The molecule has 1 aliphatic rings. The van der Waals surface area contributed by atoms with Gasteiger partial charge in [-0.25, -0.2) is 4.90 Å². The van der Waals surface area contributed by atoms with Gasteiger partial charge in [-0.15, -0.1) is 0 Å². The second-order valence-electron chi connectivity index (χ2n) is 4.02. The lowest BCUT2D eigenvalue weighted by Gasteiger charge is -2.18. The predicted octanol–water partition coefficient (Wildman–Crippen LogP) is 1.72. The van der Waals surface area contributed by atoms with Gasteiger partial charge in [0.05, 0.1) is 12.3 Å². The number of anilines is 1. The van der Waals surface area contributed by atoms with Crippen molar-refractivity contribution < 1.29 is 19.1 Å². The van der Waals surface area contributed by atoms with Gasteiger partial charge in [-0.05, 0) is 32.0 Å². The molecule has 0 bridgehead atoms. The molecule has 5 heteroatoms. The van der Waals surface area contributed by atoms with Gasteiger partial charge < -0.3 is 4.74 Å². The summed E-state index contributed by atoms with van der Waals surface area (Å²) in [7, 11) is 0. The number of Topliss-reactive ketones (excluding diaryl/α,β-unsaturated/α-hetero) is 1. The first-order valence-corrected chi connectivity index (χ1v) is 5.88. The lowest BCUT2D eigenvalue weighted by molar-refractivity contribution is -0.120. The van der Waals surface area contributed by atoms with E-state index in [9.17, 15) is 14.4 Å². The molecule has 1 aromatic carbocycles. The Labute approximate surface area is 110 Å². The summed E-state index contributed by atoms with van der Waals surface area (Å²) in [6, 6.07) is 4.69. The van der Waals surface area contributed by atoms with E-state index in [-0.39, 0.29) is 5.78 Å². The quantitative estimate of drug-likeness (QED) is 0.610. The number of imide groups is 1. The molecular formula is C14H13NO4. The number of nitrogens with zero attached hydrogens (tertiary/aromatic N) is 1. The van der Waals surface area contributed by atoms with Gasteiger partial charge in [-0.2, -0.15) is 0 Å². The van der Waals surface area contributed by atoms with Crippen LogP contribution in [0.25, 0.3) is 0 Å². The van der Waals surface area contributed by atoms with Crippen LogP contribution in [-0.4, -0.2) is 24.2 Å². The Bertz CT molecular complexity index is 571. The standard InChI is InChI=1S/C14H13NO4/c1-3-19-12-5-4-10(9(2)16)8-11(12)15-13(17)6-7-14(15)18/h4-8H,3H2,1-2H3. The molecule has 0 radical (unpaired) electrons. The summed E-state index contributed by atoms with van der Waals surface area (Å²) >= 11 is 0. The summed E-state index contributed by atoms with van der Waals surface area (Å²) in [6.45, 7) is 3.62. The van der Waals surface area contributed by atoms with E-state index in [1.54, 1.807) is 19.1 Å². The molecule has 0 N–H and O–H groups in total. The zero-order valence-electron chi connectivity index (χ0n) is 10.7. The number of carbonyl (C=O) groups excluding carboxylic acids is 3. The number of amides is 2. The molecular weight excluding hydrogens is 246 g/mol. The summed E-state index contributed by atoms with van der Waals surface area (Å²) < 4.78 is 5.40. The molecule has 5 nitrogen and oxygen atoms in total. The highest BCUT2D eigenvalue weighted by Gasteiger charge is 2.28. The van der Waals surface area contributed by atoms with Crippen LogP contribution in [0.1, 0.15) is 24.2 Å². The number of rotatable bonds is 4. The van der Waals surface area contributed by atoms with E-state index in [1.807, 2.05) is 0 Å². The summed E-state index contributed by atoms with van der Waals surface area (Å²) in [5.41, 5.74) is 0.723. The molecule has 0 atom stereocenters. The third kappa shape index (κ3) is 2.40. The van der Waals surface area contributed by atoms with Crippen molar-refractivity contribution >= 4 is 23.3 Å². The lowest BCUT2D eigenvalue weighted by atomic mass is 10.1. The highest BCUT2D eigenvalue weighted by atomic mass is 16.5. The van der Waals surface area contributed by atoms with Gasteiger partial charge in [0.1, 0.15) is 5.75 Å². The van der Waals surface area contributed by atoms with Crippen molar-refractivity contribution in [2.24, 2.45) is 0 Å². The van der Waals surface area contributed by atoms with Crippen LogP contribution in [0.3, 0.4) is 0 Å². The van der Waals surface area contributed by atoms with Crippen LogP contribution in [-0.2, 0) is 9.59 Å². The molecule has 0 spiro atoms. The molecule has 0 unspecified atom stereocenters. The van der Waals surface area contributed by atoms with Gasteiger partial charge >= 0.3 is 0 Å². The first-order valence-electron chi connectivity index (χ1n) is 5.88. The molecule has 0 aliphatic carbocycles. The van der Waals surface area contributed by atoms with Crippen LogP contribution in [0.2, 0.25) is 0 Å². The highest BCUT2D eigenvalue weighted by molar-refractivity contribution is 6.28. The molecule has 98 valence electrons. The first kappa shape index (κ1) is 13.0. The van der Waals surface area contributed by atoms with E-state index in [2.05, 4.69) is 0 Å². The number of hydrogen-bond acceptors (Lipinski definition) is 4. The van der Waals surface area contributed by atoms with Gasteiger partial charge in [-0.1, -0.05) is 0 Å². The van der Waals surface area contributed by atoms with E-state index in [0.29, 0.717) is 23.6 Å². The van der Waals surface area contributed by atoms with Crippen molar-refractivity contribution in [3.63, 3.8) is 0 Å². The van der Waals surface area contributed by atoms with Crippen molar-refractivity contribution in [1.82, 2.24) is 0 Å². The molecule has 19 heavy (non-hydrogen) atoms. The van der Waals surface area contributed by atoms with Gasteiger partial charge in [0.2, 0.25) is 0 Å². The molecule has 1 heterocycles. The van der Waals surface area contributed by atoms with Crippen molar-refractivity contribution in [1.29, 1.82) is 0 Å². The van der Waals surface area contributed by atoms with Crippen molar-refractivity contribution in [2.75, 3.05) is 11.5 Å². The van der Waals surface area contributed by atoms with Crippen molar-refractivity contribution in [3.8, 4) is 5.75 Å². The maximum absolute atomic E-state index is 11.7. The third-order valence-corrected chi connectivity index (χ3v) is 2.72. The highest BCUT2D eigenvalue weighted by Crippen LogP contribution is 2.31. The minimum absolute atomic E-state index is 0.142. The molecule has 2 rings (SSSR count). The second-order valence-corrected chi connectivity index (χ2v) is 4.02. The SMILES string of the molecule is CCOc1ccc(C(C)=O)cc1N1C(=O)C=CC1=O. The Morgan fingerprint density at radius 2 is 1.84 bits per heavy atom. The fourth-order valence-corrected chi connectivity index (χ4v) is 1.83. The molecule has 1 aromatic rings. The number of benzene rings is 1. The topological polar surface area (TPSA) is 63.7 Å². The summed E-state index contributed by atoms with van der Waals surface area (Å²) in [5.74, 6) is -0.618. The van der Waals surface area contributed by atoms with E-state index in [4.69, 9.17) is 4.74 Å². The van der Waals surface area contributed by atoms with Crippen molar-refractivity contribution in [2.45, 2.75) is 13.8 Å². The number of ether oxygens (including phenoxy) is 1. The fraction of sp³-hybridized carbons (Fsp3) is 0.214. The smallest absolute Gasteiger partial charge is 0.258 e. The predicted molar refractivity (Wildman–Crippen MR) is 69.2 cm³/mol. The Morgan fingerprint density at radius 3 is 2.37 bits per heavy atom. The normalized spacial score (nSPS) is 14.1. The van der Waals surface area contributed by atoms with E-state index < -0.39 is 11.8 Å². The van der Waals surface area contributed by atoms with Crippen LogP contribution < -0.4 is 9.64 Å². The summed E-state index contributed by atoms with van der Waals surface area (Å²) in [5, 5.41) is 0. The minimum Gasteiger partial charge on any atom is -0.492 e. The second kappa shape index (κ2) is 5.06. The maximum Gasteiger partial charge on any atom is 0.258 e. The molecule has 1 aliphatic heterocycles. The molecule has 0 aromatic heterocycles. The first-order chi connectivity index (χ1) is 9.04. The maximum atomic E-state index is 11.7. The van der Waals surface area contributed by atoms with E-state index in [1.165, 1.54) is 25.1 Å². The number of carbonyl (C=O) groups is 3. The molecule has 0 fully saturated rings. The van der Waals surface area contributed by atoms with Gasteiger partial charge in [0, 0.05) is 17.7 Å². The fourth-order valence-electron chi connectivity index (χ4n) is 1.83. The molecule has 0 saturated heterocycles. The Kier molecular flexibility index (Phi) is 3.46. The zero-order chi connectivity index (χ0) is 14.0. The average molecular weight is 259 g/mol. The van der Waals surface area contributed by atoms with Gasteiger partial charge in [0.25, 0.3) is 11.8 Å². The van der Waals surface area contributed by atoms with Crippen LogP contribution in [0.5, 0.6) is 5.75 Å². The summed E-state index contributed by atoms with van der Waals surface area (Å²) in [6.07, 6.45) is 2.39. The third-order valence-electron chi connectivity index (χ3n) is 2.72. The number of hydrogen-bond donors (Lipinski definition) is 0. The Balaban J connectivity index is 2.51. The van der Waals surface area contributed by atoms with Crippen LogP contribution in [0.4, 0.5) is 5.69 Å². The molecule has 0 saturated carbocycles. The minimum atomic E-state index is -0.438. The van der Waals surface area contributed by atoms with Crippen molar-refractivity contribution in [3.05, 3.63) is 35.9 Å². The Hall–Kier alpha value is -2.43. The summed E-state index contributed by atoms with van der Waals surface area (Å²) in [4.78, 5) is 35.8. The van der Waals surface area contributed by atoms with E-state index in [0.717, 1.165) is 4.90 Å². The lowest BCUT2D eigenvalue weighted by Crippen LogP contribution is -2.30. The Morgan fingerprint density at radius 1 is 1.21 bits per heavy atom. The zero-order valence-corrected chi connectivity index (χ0v) is 10.7. The average Bonchev–Trinajstić information content (AvgIpc) is 2.70. The van der Waals surface area contributed by atoms with Crippen LogP contribution in [0.15, 0.2) is 30.4 Å². The van der Waals surface area contributed by atoms with Crippen LogP contribution >= 0.6 is 0 Å². The van der Waals surface area contributed by atoms with Gasteiger partial charge in [-0.3, -0.25) is 14.4 Å². The molecule has 2 amide bonds. The van der Waals surface area contributed by atoms with Crippen LogP contribution in [0, 0.1) is 0 Å². The largest absolute Gasteiger partial charge is 0.492 e. The van der Waals surface area contributed by atoms with E-state index >= 15 is 0 Å².